The van der Waals surface area contributed by atoms with Crippen LogP contribution in [0.3, 0.4) is 0 Å². The highest BCUT2D eigenvalue weighted by molar-refractivity contribution is 5.73. The van der Waals surface area contributed by atoms with Gasteiger partial charge in [0.2, 0.25) is 5.69 Å². The lowest BCUT2D eigenvalue weighted by Gasteiger charge is -2.23. The summed E-state index contributed by atoms with van der Waals surface area (Å²) in [6, 6.07) is 4.16. The van der Waals surface area contributed by atoms with Crippen LogP contribution in [0.25, 0.3) is 0 Å². The number of rotatable bonds is 7. The molecule has 112 valence electrons. The second-order valence-corrected chi connectivity index (χ2v) is 4.52. The fraction of sp³-hybridized carbons (Fsp3) is 0.417. The minimum Gasteiger partial charge on any atom is -0.480 e. The summed E-state index contributed by atoms with van der Waals surface area (Å²) >= 11 is 0. The molecule has 0 amide bonds. The second-order valence-electron chi connectivity index (χ2n) is 4.52. The van der Waals surface area contributed by atoms with Gasteiger partial charge < -0.3 is 14.9 Å². The molecule has 0 bridgehead atoms. The largest absolute Gasteiger partial charge is 0.480 e. The van der Waals surface area contributed by atoms with E-state index in [2.05, 4.69) is 4.98 Å². The molecule has 1 heterocycles. The van der Waals surface area contributed by atoms with Crippen molar-refractivity contribution in [1.82, 2.24) is 9.88 Å². The summed E-state index contributed by atoms with van der Waals surface area (Å²) in [4.78, 5) is 28.2. The molecule has 0 radical (unpaired) electrons. The maximum atomic E-state index is 10.9. The molecule has 9 nitrogen and oxygen atoms in total. The molecule has 0 aliphatic heterocycles. The minimum atomic E-state index is -1.05. The molecule has 1 rings (SSSR count). The summed E-state index contributed by atoms with van der Waals surface area (Å²) in [5, 5.41) is 28.6. The first-order valence-corrected chi connectivity index (χ1v) is 6.02. The first-order chi connectivity index (χ1) is 9.85. The average molecular weight is 293 g/mol. The van der Waals surface area contributed by atoms with Crippen molar-refractivity contribution in [2.45, 2.75) is 0 Å². The number of aromatic nitrogens is 1. The summed E-state index contributed by atoms with van der Waals surface area (Å²) < 4.78 is 0. The van der Waals surface area contributed by atoms with E-state index in [1.165, 1.54) is 11.0 Å². The Morgan fingerprint density at radius 1 is 1.48 bits per heavy atom. The number of nitriles is 1. The van der Waals surface area contributed by atoms with Crippen molar-refractivity contribution in [2.75, 3.05) is 38.6 Å². The Bertz CT molecular complexity index is 582. The lowest BCUT2D eigenvalue weighted by atomic mass is 10.3. The molecule has 1 aromatic heterocycles. The summed E-state index contributed by atoms with van der Waals surface area (Å²) in [5.74, 6) is -0.825. The SMILES string of the molecule is CN(C)CCN(CC(=O)O)c1ccc([N+](=O)[O-])c(C#N)n1. The van der Waals surface area contributed by atoms with Crippen LogP contribution < -0.4 is 4.90 Å². The highest BCUT2D eigenvalue weighted by Gasteiger charge is 2.19. The Balaban J connectivity index is 3.09. The van der Waals surface area contributed by atoms with Crippen molar-refractivity contribution in [1.29, 1.82) is 5.26 Å². The summed E-state index contributed by atoms with van der Waals surface area (Å²) in [5.41, 5.74) is -0.734. The average Bonchev–Trinajstić information content (AvgIpc) is 2.42. The Kier molecular flexibility index (Phi) is 5.57. The normalized spacial score (nSPS) is 10.2. The number of anilines is 1. The van der Waals surface area contributed by atoms with Gasteiger partial charge in [-0.2, -0.15) is 5.26 Å². The van der Waals surface area contributed by atoms with Crippen LogP contribution in [0.5, 0.6) is 0 Å². The van der Waals surface area contributed by atoms with Gasteiger partial charge in [0, 0.05) is 19.2 Å². The lowest BCUT2D eigenvalue weighted by molar-refractivity contribution is -0.385. The quantitative estimate of drug-likeness (QED) is 0.562. The number of carboxylic acids is 1. The monoisotopic (exact) mass is 293 g/mol. The Morgan fingerprint density at radius 3 is 2.62 bits per heavy atom. The standard InChI is InChI=1S/C12H15N5O4/c1-15(2)5-6-16(8-12(18)19)11-4-3-10(17(20)21)9(7-13)14-11/h3-4H,5-6,8H2,1-2H3,(H,18,19). The maximum absolute atomic E-state index is 10.9. The molecular formula is C12H15N5O4. The Labute approximate surface area is 121 Å². The number of nitrogens with zero attached hydrogens (tertiary/aromatic N) is 5. The molecule has 0 saturated carbocycles. The number of carboxylic acid groups (broad SMARTS) is 1. The van der Waals surface area contributed by atoms with Gasteiger partial charge in [-0.1, -0.05) is 0 Å². The van der Waals surface area contributed by atoms with Crippen molar-refractivity contribution in [3.05, 3.63) is 27.9 Å². The highest BCUT2D eigenvalue weighted by Crippen LogP contribution is 2.20. The van der Waals surface area contributed by atoms with Crippen molar-refractivity contribution in [3.8, 4) is 6.07 Å². The van der Waals surface area contributed by atoms with E-state index in [-0.39, 0.29) is 18.1 Å². The second kappa shape index (κ2) is 7.16. The van der Waals surface area contributed by atoms with Gasteiger partial charge in [-0.3, -0.25) is 14.9 Å². The number of aliphatic carboxylic acids is 1. The maximum Gasteiger partial charge on any atom is 0.323 e. The number of pyridine rings is 1. The zero-order chi connectivity index (χ0) is 16.0. The Morgan fingerprint density at radius 2 is 2.14 bits per heavy atom. The molecule has 1 N–H and O–H groups in total. The predicted molar refractivity (Wildman–Crippen MR) is 74.0 cm³/mol. The molecule has 0 aliphatic carbocycles. The van der Waals surface area contributed by atoms with Crippen molar-refractivity contribution in [3.63, 3.8) is 0 Å². The van der Waals surface area contributed by atoms with Crippen LogP contribution in [0.4, 0.5) is 11.5 Å². The van der Waals surface area contributed by atoms with Crippen molar-refractivity contribution >= 4 is 17.5 Å². The number of hydrogen-bond acceptors (Lipinski definition) is 7. The van der Waals surface area contributed by atoms with Crippen LogP contribution in [0.2, 0.25) is 0 Å². The van der Waals surface area contributed by atoms with Gasteiger partial charge in [0.25, 0.3) is 0 Å². The van der Waals surface area contributed by atoms with Gasteiger partial charge in [0.15, 0.2) is 0 Å². The van der Waals surface area contributed by atoms with Gasteiger partial charge in [0.05, 0.1) is 4.92 Å². The molecule has 0 aliphatic rings. The molecule has 0 spiro atoms. The highest BCUT2D eigenvalue weighted by atomic mass is 16.6. The van der Waals surface area contributed by atoms with Gasteiger partial charge in [-0.15, -0.1) is 0 Å². The molecule has 9 heteroatoms. The minimum absolute atomic E-state index is 0.224. The molecule has 21 heavy (non-hydrogen) atoms. The zero-order valence-corrected chi connectivity index (χ0v) is 11.7. The van der Waals surface area contributed by atoms with E-state index in [9.17, 15) is 14.9 Å². The van der Waals surface area contributed by atoms with Gasteiger partial charge in [-0.25, -0.2) is 4.98 Å². The zero-order valence-electron chi connectivity index (χ0n) is 11.7. The van der Waals surface area contributed by atoms with Crippen LogP contribution >= 0.6 is 0 Å². The summed E-state index contributed by atoms with van der Waals surface area (Å²) in [7, 11) is 3.67. The van der Waals surface area contributed by atoms with Crippen LogP contribution in [-0.2, 0) is 4.79 Å². The molecule has 0 fully saturated rings. The topological polar surface area (TPSA) is 124 Å². The number of hydrogen-bond donors (Lipinski definition) is 1. The smallest absolute Gasteiger partial charge is 0.323 e. The number of carbonyl (C=O) groups is 1. The predicted octanol–water partition coefficient (Wildman–Crippen LogP) is 0.314. The first-order valence-electron chi connectivity index (χ1n) is 6.02. The van der Waals surface area contributed by atoms with Crippen LogP contribution in [0.1, 0.15) is 5.69 Å². The third kappa shape index (κ3) is 4.70. The third-order valence-corrected chi connectivity index (χ3v) is 2.63. The van der Waals surface area contributed by atoms with E-state index in [4.69, 9.17) is 10.4 Å². The molecule has 0 aromatic carbocycles. The van der Waals surface area contributed by atoms with Crippen molar-refractivity contribution < 1.29 is 14.8 Å². The van der Waals surface area contributed by atoms with E-state index in [0.29, 0.717) is 13.1 Å². The van der Waals surface area contributed by atoms with E-state index in [1.54, 1.807) is 6.07 Å². The lowest BCUT2D eigenvalue weighted by Crippen LogP contribution is -2.36. The fourth-order valence-electron chi connectivity index (χ4n) is 1.61. The molecule has 0 atom stereocenters. The van der Waals surface area contributed by atoms with Gasteiger partial charge >= 0.3 is 11.7 Å². The number of likely N-dealkylation sites (N-methyl/N-ethyl adjacent to an activating group) is 1. The van der Waals surface area contributed by atoms with Crippen LogP contribution in [-0.4, -0.2) is 59.6 Å². The van der Waals surface area contributed by atoms with E-state index in [0.717, 1.165) is 6.07 Å². The van der Waals surface area contributed by atoms with E-state index < -0.39 is 16.6 Å². The van der Waals surface area contributed by atoms with Gasteiger partial charge in [-0.05, 0) is 20.2 Å². The first kappa shape index (κ1) is 16.3. The summed E-state index contributed by atoms with van der Waals surface area (Å²) in [6.07, 6.45) is 0. The molecule has 0 unspecified atom stereocenters. The molecule has 1 aromatic rings. The number of nitro groups is 1. The molecule has 0 saturated heterocycles. The van der Waals surface area contributed by atoms with Gasteiger partial charge in [0.1, 0.15) is 18.4 Å². The third-order valence-electron chi connectivity index (χ3n) is 2.63. The summed E-state index contributed by atoms with van der Waals surface area (Å²) in [6.45, 7) is 0.645. The van der Waals surface area contributed by atoms with E-state index in [1.807, 2.05) is 19.0 Å². The van der Waals surface area contributed by atoms with Crippen LogP contribution in [0.15, 0.2) is 12.1 Å². The van der Waals surface area contributed by atoms with Crippen molar-refractivity contribution in [2.24, 2.45) is 0 Å². The fourth-order valence-corrected chi connectivity index (χ4v) is 1.61. The Hall–Kier alpha value is -2.73. The van der Waals surface area contributed by atoms with E-state index >= 15 is 0 Å². The molecular weight excluding hydrogens is 278 g/mol. The van der Waals surface area contributed by atoms with Crippen LogP contribution in [0, 0.1) is 21.4 Å².